The number of nitro groups is 1. The lowest BCUT2D eigenvalue weighted by molar-refractivity contribution is -0.384. The van der Waals surface area contributed by atoms with E-state index in [4.69, 9.17) is 4.74 Å². The maximum Gasteiger partial charge on any atom is 0.321 e. The molecule has 8 heteroatoms. The van der Waals surface area contributed by atoms with E-state index in [-0.39, 0.29) is 18.2 Å². The quantitative estimate of drug-likeness (QED) is 0.609. The molecule has 2 N–H and O–H groups in total. The fraction of sp³-hybridized carbons (Fsp3) is 0.385. The lowest BCUT2D eigenvalue weighted by atomic mass is 10.2. The Kier molecular flexibility index (Phi) is 6.12. The van der Waals surface area contributed by atoms with Gasteiger partial charge in [0, 0.05) is 18.7 Å². The molecule has 0 fully saturated rings. The summed E-state index contributed by atoms with van der Waals surface area (Å²) in [7, 11) is 0. The number of imide groups is 1. The van der Waals surface area contributed by atoms with E-state index in [1.165, 1.54) is 24.3 Å². The second-order valence-corrected chi connectivity index (χ2v) is 4.69. The lowest BCUT2D eigenvalue weighted by Crippen LogP contribution is -2.42. The largest absolute Gasteiger partial charge is 0.484 e. The molecular formula is C13H17N3O5. The molecule has 1 aromatic rings. The molecular weight excluding hydrogens is 278 g/mol. The molecule has 0 aliphatic heterocycles. The Balaban J connectivity index is 2.35. The number of carbonyl (C=O) groups is 2. The predicted molar refractivity (Wildman–Crippen MR) is 75.0 cm³/mol. The van der Waals surface area contributed by atoms with E-state index >= 15 is 0 Å². The number of hydrogen-bond donors (Lipinski definition) is 2. The third kappa shape index (κ3) is 6.37. The number of non-ortho nitro benzene ring substituents is 1. The number of carbonyl (C=O) groups excluding carboxylic acids is 2. The van der Waals surface area contributed by atoms with Crippen LogP contribution >= 0.6 is 0 Å². The first-order chi connectivity index (χ1) is 9.88. The van der Waals surface area contributed by atoms with E-state index in [9.17, 15) is 19.7 Å². The summed E-state index contributed by atoms with van der Waals surface area (Å²) >= 11 is 0. The number of nitro benzene ring substituents is 1. The molecule has 1 rings (SSSR count). The molecule has 114 valence electrons. The van der Waals surface area contributed by atoms with Crippen molar-refractivity contribution in [3.05, 3.63) is 34.4 Å². The van der Waals surface area contributed by atoms with Crippen molar-refractivity contribution in [2.45, 2.75) is 13.8 Å². The topological polar surface area (TPSA) is 111 Å². The summed E-state index contributed by atoms with van der Waals surface area (Å²) in [6, 6.07) is 4.71. The maximum absolute atomic E-state index is 11.4. The molecule has 0 atom stereocenters. The van der Waals surface area contributed by atoms with Crippen molar-refractivity contribution >= 4 is 17.6 Å². The number of ether oxygens (including phenoxy) is 1. The minimum absolute atomic E-state index is 0.0696. The van der Waals surface area contributed by atoms with Gasteiger partial charge in [-0.15, -0.1) is 0 Å². The minimum atomic E-state index is -0.602. The molecule has 0 aromatic heterocycles. The van der Waals surface area contributed by atoms with Gasteiger partial charge in [-0.2, -0.15) is 0 Å². The number of benzene rings is 1. The highest BCUT2D eigenvalue weighted by molar-refractivity contribution is 5.94. The number of nitrogens with zero attached hydrogens (tertiary/aromatic N) is 1. The van der Waals surface area contributed by atoms with Crippen LogP contribution < -0.4 is 15.4 Å². The summed E-state index contributed by atoms with van der Waals surface area (Å²) in [4.78, 5) is 32.7. The predicted octanol–water partition coefficient (Wildman–Crippen LogP) is 1.46. The second-order valence-electron chi connectivity index (χ2n) is 4.69. The average molecular weight is 295 g/mol. The molecule has 8 nitrogen and oxygen atoms in total. The Morgan fingerprint density at radius 3 is 2.43 bits per heavy atom. The summed E-state index contributed by atoms with van der Waals surface area (Å²) in [5.41, 5.74) is -0.0696. The smallest absolute Gasteiger partial charge is 0.321 e. The van der Waals surface area contributed by atoms with Gasteiger partial charge in [0.15, 0.2) is 6.61 Å². The molecule has 1 aromatic carbocycles. The van der Waals surface area contributed by atoms with Gasteiger partial charge in [0.05, 0.1) is 4.92 Å². The third-order valence-electron chi connectivity index (χ3n) is 2.34. The SMILES string of the molecule is CC(C)CNC(=O)NC(=O)COc1ccc([N+](=O)[O-])cc1. The van der Waals surface area contributed by atoms with E-state index in [1.54, 1.807) is 0 Å². The number of hydrogen-bond acceptors (Lipinski definition) is 5. The fourth-order valence-corrected chi connectivity index (χ4v) is 1.32. The van der Waals surface area contributed by atoms with Crippen molar-refractivity contribution in [1.82, 2.24) is 10.6 Å². The van der Waals surface area contributed by atoms with Gasteiger partial charge in [0.2, 0.25) is 0 Å². The Morgan fingerprint density at radius 1 is 1.29 bits per heavy atom. The molecule has 0 aliphatic carbocycles. The van der Waals surface area contributed by atoms with E-state index in [1.807, 2.05) is 13.8 Å². The molecule has 0 unspecified atom stereocenters. The van der Waals surface area contributed by atoms with Gasteiger partial charge >= 0.3 is 6.03 Å². The molecule has 0 saturated heterocycles. The second kappa shape index (κ2) is 7.83. The minimum Gasteiger partial charge on any atom is -0.484 e. The van der Waals surface area contributed by atoms with E-state index in [2.05, 4.69) is 10.6 Å². The summed E-state index contributed by atoms with van der Waals surface area (Å²) in [6.07, 6.45) is 0. The van der Waals surface area contributed by atoms with Crippen LogP contribution in [0.4, 0.5) is 10.5 Å². The van der Waals surface area contributed by atoms with Crippen LogP contribution in [0.25, 0.3) is 0 Å². The normalized spacial score (nSPS) is 10.0. The zero-order valence-corrected chi connectivity index (χ0v) is 11.8. The Bertz CT molecular complexity index is 513. The summed E-state index contributed by atoms with van der Waals surface area (Å²) < 4.78 is 5.11. The maximum atomic E-state index is 11.4. The van der Waals surface area contributed by atoms with Gasteiger partial charge in [0.25, 0.3) is 11.6 Å². The molecule has 0 bridgehead atoms. The highest BCUT2D eigenvalue weighted by Crippen LogP contribution is 2.16. The third-order valence-corrected chi connectivity index (χ3v) is 2.34. The van der Waals surface area contributed by atoms with Crippen molar-refractivity contribution in [1.29, 1.82) is 0 Å². The van der Waals surface area contributed by atoms with Crippen molar-refractivity contribution in [3.8, 4) is 5.75 Å². The van der Waals surface area contributed by atoms with E-state index in [0.717, 1.165) is 0 Å². The van der Waals surface area contributed by atoms with Crippen LogP contribution in [0, 0.1) is 16.0 Å². The van der Waals surface area contributed by atoms with Crippen molar-refractivity contribution in [2.24, 2.45) is 5.92 Å². The Labute approximate surface area is 121 Å². The van der Waals surface area contributed by atoms with Gasteiger partial charge < -0.3 is 10.1 Å². The van der Waals surface area contributed by atoms with Gasteiger partial charge in [0.1, 0.15) is 5.75 Å². The van der Waals surface area contributed by atoms with E-state index < -0.39 is 16.9 Å². The number of rotatable bonds is 6. The summed E-state index contributed by atoms with van der Waals surface area (Å²) in [5, 5.41) is 15.1. The van der Waals surface area contributed by atoms with Crippen LogP contribution in [-0.4, -0.2) is 30.0 Å². The van der Waals surface area contributed by atoms with Crippen LogP contribution in [0.2, 0.25) is 0 Å². The van der Waals surface area contributed by atoms with Crippen LogP contribution in [0.15, 0.2) is 24.3 Å². The highest BCUT2D eigenvalue weighted by Gasteiger charge is 2.09. The zero-order valence-electron chi connectivity index (χ0n) is 11.8. The number of amides is 3. The molecule has 0 spiro atoms. The Hall–Kier alpha value is -2.64. The first-order valence-electron chi connectivity index (χ1n) is 6.33. The first-order valence-corrected chi connectivity index (χ1v) is 6.33. The van der Waals surface area contributed by atoms with Crippen molar-refractivity contribution < 1.29 is 19.2 Å². The highest BCUT2D eigenvalue weighted by atomic mass is 16.6. The number of nitrogens with one attached hydrogen (secondary N) is 2. The van der Waals surface area contributed by atoms with Crippen molar-refractivity contribution in [3.63, 3.8) is 0 Å². The molecule has 0 saturated carbocycles. The molecule has 0 aliphatic rings. The van der Waals surface area contributed by atoms with Gasteiger partial charge in [-0.1, -0.05) is 13.8 Å². The fourth-order valence-electron chi connectivity index (χ4n) is 1.32. The molecule has 0 radical (unpaired) electrons. The first kappa shape index (κ1) is 16.4. The monoisotopic (exact) mass is 295 g/mol. The van der Waals surface area contributed by atoms with Crippen LogP contribution in [0.3, 0.4) is 0 Å². The molecule has 0 heterocycles. The van der Waals surface area contributed by atoms with Gasteiger partial charge in [-0.05, 0) is 18.1 Å². The van der Waals surface area contributed by atoms with Crippen LogP contribution in [0.1, 0.15) is 13.8 Å². The molecule has 21 heavy (non-hydrogen) atoms. The van der Waals surface area contributed by atoms with Crippen molar-refractivity contribution in [2.75, 3.05) is 13.2 Å². The van der Waals surface area contributed by atoms with E-state index in [0.29, 0.717) is 12.3 Å². The van der Waals surface area contributed by atoms with Crippen LogP contribution in [0.5, 0.6) is 5.75 Å². The van der Waals surface area contributed by atoms with Gasteiger partial charge in [-0.3, -0.25) is 20.2 Å². The summed E-state index contributed by atoms with van der Waals surface area (Å²) in [5.74, 6) is -0.0184. The lowest BCUT2D eigenvalue weighted by Gasteiger charge is -2.09. The zero-order chi connectivity index (χ0) is 15.8. The summed E-state index contributed by atoms with van der Waals surface area (Å²) in [6.45, 7) is 3.97. The standard InChI is InChI=1S/C13H17N3O5/c1-9(2)7-14-13(18)15-12(17)8-21-11-5-3-10(4-6-11)16(19)20/h3-6,9H,7-8H2,1-2H3,(H2,14,15,17,18). The van der Waals surface area contributed by atoms with Gasteiger partial charge in [-0.25, -0.2) is 4.79 Å². The number of urea groups is 1. The Morgan fingerprint density at radius 2 is 1.90 bits per heavy atom. The van der Waals surface area contributed by atoms with Crippen LogP contribution in [-0.2, 0) is 4.79 Å². The average Bonchev–Trinajstić information content (AvgIpc) is 2.43. The molecule has 3 amide bonds.